The lowest BCUT2D eigenvalue weighted by atomic mass is 9.68. The zero-order valence-electron chi connectivity index (χ0n) is 22.5. The van der Waals surface area contributed by atoms with Gasteiger partial charge in [0.25, 0.3) is 0 Å². The quantitative estimate of drug-likeness (QED) is 0.279. The van der Waals surface area contributed by atoms with Gasteiger partial charge in [-0.3, -0.25) is 4.98 Å². The van der Waals surface area contributed by atoms with Crippen LogP contribution in [0, 0.1) is 5.92 Å². The molecule has 0 aliphatic heterocycles. The summed E-state index contributed by atoms with van der Waals surface area (Å²) in [6.07, 6.45) is 1.78. The van der Waals surface area contributed by atoms with Gasteiger partial charge < -0.3 is 9.84 Å². The van der Waals surface area contributed by atoms with Crippen LogP contribution in [0.15, 0.2) is 85.1 Å². The number of fused-ring (bicyclic) bond motifs is 1. The number of benzene rings is 2. The Balaban J connectivity index is 1.40. The number of aromatic nitrogens is 5. The fourth-order valence-corrected chi connectivity index (χ4v) is 4.68. The van der Waals surface area contributed by atoms with Crippen LogP contribution in [0.4, 0.5) is 0 Å². The molecule has 0 fully saturated rings. The molecule has 3 heterocycles. The van der Waals surface area contributed by atoms with Gasteiger partial charge in [-0.2, -0.15) is 9.61 Å². The van der Waals surface area contributed by atoms with Gasteiger partial charge in [0, 0.05) is 17.2 Å². The molecule has 1 atom stereocenters. The monoisotopic (exact) mass is 507 g/mol. The van der Waals surface area contributed by atoms with Crippen LogP contribution in [0.1, 0.15) is 57.3 Å². The van der Waals surface area contributed by atoms with Gasteiger partial charge in [-0.05, 0) is 67.3 Å². The highest BCUT2D eigenvalue weighted by Gasteiger charge is 2.32. The summed E-state index contributed by atoms with van der Waals surface area (Å²) < 4.78 is 7.56. The van der Waals surface area contributed by atoms with Gasteiger partial charge in [-0.25, -0.2) is 0 Å². The minimum absolute atomic E-state index is 0.197. The third-order valence-electron chi connectivity index (χ3n) is 7.31. The largest absolute Gasteiger partial charge is 0.487 e. The van der Waals surface area contributed by atoms with Gasteiger partial charge in [0.15, 0.2) is 11.5 Å². The maximum atomic E-state index is 10.4. The number of pyridine rings is 1. The van der Waals surface area contributed by atoms with Gasteiger partial charge in [-0.1, -0.05) is 63.2 Å². The molecule has 0 amide bonds. The van der Waals surface area contributed by atoms with Crippen LogP contribution in [0.3, 0.4) is 0 Å². The predicted molar refractivity (Wildman–Crippen MR) is 148 cm³/mol. The second-order valence-corrected chi connectivity index (χ2v) is 10.6. The number of ether oxygens (including phenoxy) is 1. The zero-order chi connectivity index (χ0) is 26.9. The van der Waals surface area contributed by atoms with Crippen LogP contribution in [0.5, 0.6) is 5.75 Å². The van der Waals surface area contributed by atoms with E-state index in [0.29, 0.717) is 24.0 Å². The van der Waals surface area contributed by atoms with Crippen molar-refractivity contribution in [1.82, 2.24) is 24.8 Å². The van der Waals surface area contributed by atoms with Crippen LogP contribution in [-0.4, -0.2) is 29.9 Å². The summed E-state index contributed by atoms with van der Waals surface area (Å²) in [6.45, 7) is 10.6. The van der Waals surface area contributed by atoms with Crippen molar-refractivity contribution in [3.63, 3.8) is 0 Å². The van der Waals surface area contributed by atoms with Crippen molar-refractivity contribution in [3.05, 3.63) is 108 Å². The Hall–Kier alpha value is -4.10. The first kappa shape index (κ1) is 25.5. The van der Waals surface area contributed by atoms with Gasteiger partial charge in [0.05, 0.1) is 11.4 Å². The minimum atomic E-state index is -1.15. The highest BCUT2D eigenvalue weighted by molar-refractivity contribution is 5.61. The van der Waals surface area contributed by atoms with E-state index >= 15 is 0 Å². The first-order chi connectivity index (χ1) is 18.2. The summed E-state index contributed by atoms with van der Waals surface area (Å²) in [4.78, 5) is 4.32. The van der Waals surface area contributed by atoms with Crippen LogP contribution >= 0.6 is 0 Å². The Morgan fingerprint density at radius 1 is 0.842 bits per heavy atom. The second-order valence-electron chi connectivity index (χ2n) is 10.6. The third kappa shape index (κ3) is 4.89. The van der Waals surface area contributed by atoms with Crippen molar-refractivity contribution in [2.75, 3.05) is 0 Å². The first-order valence-corrected chi connectivity index (χ1v) is 12.9. The molecule has 0 saturated carbocycles. The standard InChI is InChI=1S/C31H33N5O2/c1-21(2)31(5,24-13-15-26(16-14-24)38-20-25-8-6-7-19-32-25)23-11-9-22(10-12-23)27-17-18-28-33-34-29(30(3,4)37)36(28)35-27/h6-19,21,37H,20H2,1-5H3. The number of nitrogens with zero attached hydrogens (tertiary/aromatic N) is 5. The van der Waals surface area contributed by atoms with Crippen LogP contribution in [-0.2, 0) is 17.6 Å². The van der Waals surface area contributed by atoms with E-state index in [9.17, 15) is 5.11 Å². The highest BCUT2D eigenvalue weighted by atomic mass is 16.5. The Kier molecular flexibility index (Phi) is 6.71. The lowest BCUT2D eigenvalue weighted by Crippen LogP contribution is -2.30. The van der Waals surface area contributed by atoms with Gasteiger partial charge in [-0.15, -0.1) is 10.2 Å². The normalized spacial score (nSPS) is 13.6. The van der Waals surface area contributed by atoms with Crippen molar-refractivity contribution in [2.24, 2.45) is 5.92 Å². The lowest BCUT2D eigenvalue weighted by Gasteiger charge is -2.35. The minimum Gasteiger partial charge on any atom is -0.487 e. The molecule has 38 heavy (non-hydrogen) atoms. The fourth-order valence-electron chi connectivity index (χ4n) is 4.68. The molecule has 0 saturated heterocycles. The van der Waals surface area contributed by atoms with Gasteiger partial charge >= 0.3 is 0 Å². The molecule has 0 aliphatic carbocycles. The summed E-state index contributed by atoms with van der Waals surface area (Å²) in [5.41, 5.74) is 4.38. The average Bonchev–Trinajstić information content (AvgIpc) is 3.36. The molecule has 1 unspecified atom stereocenters. The van der Waals surface area contributed by atoms with Gasteiger partial charge in [0.2, 0.25) is 0 Å². The summed E-state index contributed by atoms with van der Waals surface area (Å²) in [7, 11) is 0. The number of aliphatic hydroxyl groups is 1. The summed E-state index contributed by atoms with van der Waals surface area (Å²) >= 11 is 0. The van der Waals surface area contributed by atoms with Crippen molar-refractivity contribution in [1.29, 1.82) is 0 Å². The molecule has 0 bridgehead atoms. The molecule has 0 radical (unpaired) electrons. The fraction of sp³-hybridized carbons (Fsp3) is 0.290. The van der Waals surface area contributed by atoms with Crippen molar-refractivity contribution in [3.8, 4) is 17.0 Å². The maximum absolute atomic E-state index is 10.4. The molecule has 0 aliphatic rings. The molecule has 1 N–H and O–H groups in total. The molecule has 3 aromatic heterocycles. The molecule has 5 aromatic rings. The Morgan fingerprint density at radius 3 is 2.13 bits per heavy atom. The van der Waals surface area contributed by atoms with Gasteiger partial charge in [0.1, 0.15) is 18.0 Å². The smallest absolute Gasteiger partial charge is 0.185 e. The first-order valence-electron chi connectivity index (χ1n) is 12.9. The average molecular weight is 508 g/mol. The maximum Gasteiger partial charge on any atom is 0.185 e. The van der Waals surface area contributed by atoms with E-state index in [1.54, 1.807) is 24.6 Å². The molecule has 2 aromatic carbocycles. The van der Waals surface area contributed by atoms with Crippen LogP contribution < -0.4 is 4.74 Å². The van der Waals surface area contributed by atoms with E-state index in [1.807, 2.05) is 42.5 Å². The molecule has 7 heteroatoms. The molecular formula is C31H33N5O2. The summed E-state index contributed by atoms with van der Waals surface area (Å²) in [5, 5.41) is 23.4. The molecule has 7 nitrogen and oxygen atoms in total. The Labute approximate surface area is 223 Å². The van der Waals surface area contributed by atoms with E-state index in [2.05, 4.69) is 72.4 Å². The molecule has 0 spiro atoms. The third-order valence-corrected chi connectivity index (χ3v) is 7.31. The van der Waals surface area contributed by atoms with E-state index < -0.39 is 5.60 Å². The van der Waals surface area contributed by atoms with Crippen molar-refractivity contribution >= 4 is 5.65 Å². The predicted octanol–water partition coefficient (Wildman–Crippen LogP) is 5.95. The SMILES string of the molecule is CC(C)C(C)(c1ccc(OCc2ccccn2)cc1)c1ccc(-c2ccc3nnc(C(C)(C)O)n3n2)cc1. The number of rotatable bonds is 8. The van der Waals surface area contributed by atoms with E-state index in [0.717, 1.165) is 22.7 Å². The second kappa shape index (κ2) is 9.99. The Bertz CT molecular complexity index is 1520. The van der Waals surface area contributed by atoms with E-state index in [4.69, 9.17) is 9.84 Å². The Morgan fingerprint density at radius 2 is 1.53 bits per heavy atom. The number of hydrogen-bond acceptors (Lipinski definition) is 6. The lowest BCUT2D eigenvalue weighted by molar-refractivity contribution is 0.0665. The molecule has 5 rings (SSSR count). The zero-order valence-corrected chi connectivity index (χ0v) is 22.5. The summed E-state index contributed by atoms with van der Waals surface area (Å²) in [6, 6.07) is 26.5. The van der Waals surface area contributed by atoms with Crippen molar-refractivity contribution in [2.45, 2.75) is 52.2 Å². The van der Waals surface area contributed by atoms with Crippen LogP contribution in [0.25, 0.3) is 16.9 Å². The molecule has 194 valence electrons. The van der Waals surface area contributed by atoms with E-state index in [-0.39, 0.29) is 5.41 Å². The highest BCUT2D eigenvalue weighted by Crippen LogP contribution is 2.40. The molecular weight excluding hydrogens is 474 g/mol. The number of hydrogen-bond donors (Lipinski definition) is 1. The van der Waals surface area contributed by atoms with E-state index in [1.165, 1.54) is 11.1 Å². The van der Waals surface area contributed by atoms with Crippen LogP contribution in [0.2, 0.25) is 0 Å². The summed E-state index contributed by atoms with van der Waals surface area (Å²) in [5.74, 6) is 1.59. The van der Waals surface area contributed by atoms with Crippen molar-refractivity contribution < 1.29 is 9.84 Å². The topological polar surface area (TPSA) is 85.4 Å².